The van der Waals surface area contributed by atoms with Gasteiger partial charge in [-0.2, -0.15) is 0 Å². The van der Waals surface area contributed by atoms with Gasteiger partial charge in [-0.25, -0.2) is 0 Å². The van der Waals surface area contributed by atoms with Gasteiger partial charge in [0.25, 0.3) is 0 Å². The third-order valence-corrected chi connectivity index (χ3v) is 3.85. The number of halogens is 1. The van der Waals surface area contributed by atoms with Crippen molar-refractivity contribution in [3.8, 4) is 0 Å². The molecule has 1 N–H and O–H groups in total. The molecule has 2 aromatic rings. The highest BCUT2D eigenvalue weighted by molar-refractivity contribution is 6.30. The molecule has 2 rings (SSSR count). The van der Waals surface area contributed by atoms with Crippen molar-refractivity contribution in [1.29, 1.82) is 0 Å². The molecule has 0 aliphatic rings. The maximum atomic E-state index is 5.95. The van der Waals surface area contributed by atoms with Crippen molar-refractivity contribution in [1.82, 2.24) is 5.32 Å². The first-order valence-electron chi connectivity index (χ1n) is 7.27. The molecule has 0 radical (unpaired) electrons. The van der Waals surface area contributed by atoms with Crippen molar-refractivity contribution in [3.05, 3.63) is 70.7 Å². The number of nitrogens with one attached hydrogen (secondary N) is 1. The highest BCUT2D eigenvalue weighted by Gasteiger charge is 2.14. The zero-order valence-corrected chi connectivity index (χ0v) is 12.9. The predicted octanol–water partition coefficient (Wildman–Crippen LogP) is 5.53. The van der Waals surface area contributed by atoms with Crippen LogP contribution in [-0.4, -0.2) is 0 Å². The second-order valence-corrected chi connectivity index (χ2v) is 5.63. The Hall–Kier alpha value is -1.31. The fourth-order valence-corrected chi connectivity index (χ4v) is 2.60. The van der Waals surface area contributed by atoms with E-state index in [4.69, 9.17) is 11.6 Å². The average molecular weight is 288 g/mol. The Morgan fingerprint density at radius 3 is 2.20 bits per heavy atom. The van der Waals surface area contributed by atoms with Crippen LogP contribution in [0.1, 0.15) is 49.9 Å². The summed E-state index contributed by atoms with van der Waals surface area (Å²) in [6.07, 6.45) is 2.31. The molecule has 0 saturated carbocycles. The summed E-state index contributed by atoms with van der Waals surface area (Å²) in [5, 5.41) is 4.51. The molecule has 0 heterocycles. The summed E-state index contributed by atoms with van der Waals surface area (Å²) in [7, 11) is 0. The fraction of sp³-hybridized carbons (Fsp3) is 0.333. The van der Waals surface area contributed by atoms with E-state index in [1.807, 2.05) is 12.1 Å². The Bertz CT molecular complexity index is 507. The third kappa shape index (κ3) is 4.09. The number of rotatable bonds is 6. The fourth-order valence-electron chi connectivity index (χ4n) is 2.47. The van der Waals surface area contributed by atoms with Crippen molar-refractivity contribution >= 4 is 11.6 Å². The lowest BCUT2D eigenvalue weighted by molar-refractivity contribution is 0.439. The van der Waals surface area contributed by atoms with Crippen LogP contribution in [0.2, 0.25) is 5.02 Å². The summed E-state index contributed by atoms with van der Waals surface area (Å²) in [6.45, 7) is 4.43. The van der Waals surface area contributed by atoms with Crippen molar-refractivity contribution in [2.24, 2.45) is 0 Å². The summed E-state index contributed by atoms with van der Waals surface area (Å²) in [5.74, 6) is 0. The van der Waals surface area contributed by atoms with Crippen LogP contribution in [0.3, 0.4) is 0 Å². The zero-order chi connectivity index (χ0) is 14.4. The SMILES string of the molecule is CCCC(N[C@@H](C)c1ccc(Cl)cc1)c1ccccc1. The Morgan fingerprint density at radius 1 is 0.950 bits per heavy atom. The van der Waals surface area contributed by atoms with Crippen LogP contribution < -0.4 is 5.32 Å². The van der Waals surface area contributed by atoms with Crippen LogP contribution in [-0.2, 0) is 0 Å². The number of benzene rings is 2. The number of hydrogen-bond acceptors (Lipinski definition) is 1. The third-order valence-electron chi connectivity index (χ3n) is 3.60. The smallest absolute Gasteiger partial charge is 0.0406 e. The van der Waals surface area contributed by atoms with Gasteiger partial charge >= 0.3 is 0 Å². The molecular weight excluding hydrogens is 266 g/mol. The largest absolute Gasteiger partial charge is 0.303 e. The van der Waals surface area contributed by atoms with Crippen molar-refractivity contribution < 1.29 is 0 Å². The van der Waals surface area contributed by atoms with E-state index in [-0.39, 0.29) is 0 Å². The van der Waals surface area contributed by atoms with E-state index in [0.717, 1.165) is 11.4 Å². The molecule has 0 saturated heterocycles. The highest BCUT2D eigenvalue weighted by atomic mass is 35.5. The summed E-state index contributed by atoms with van der Waals surface area (Å²) in [5.41, 5.74) is 2.63. The van der Waals surface area contributed by atoms with E-state index in [1.165, 1.54) is 17.5 Å². The van der Waals surface area contributed by atoms with Crippen LogP contribution in [0.25, 0.3) is 0 Å². The van der Waals surface area contributed by atoms with Gasteiger partial charge in [0.05, 0.1) is 0 Å². The monoisotopic (exact) mass is 287 g/mol. The van der Waals surface area contributed by atoms with Gasteiger partial charge < -0.3 is 5.32 Å². The van der Waals surface area contributed by atoms with E-state index in [9.17, 15) is 0 Å². The second kappa shape index (κ2) is 7.47. The lowest BCUT2D eigenvalue weighted by Crippen LogP contribution is -2.24. The lowest BCUT2D eigenvalue weighted by Gasteiger charge is -2.24. The minimum absolute atomic E-state index is 0.309. The van der Waals surface area contributed by atoms with E-state index < -0.39 is 0 Å². The first-order valence-corrected chi connectivity index (χ1v) is 7.65. The van der Waals surface area contributed by atoms with Crippen LogP contribution in [0.5, 0.6) is 0 Å². The first-order chi connectivity index (χ1) is 9.70. The van der Waals surface area contributed by atoms with Crippen molar-refractivity contribution in [2.45, 2.75) is 38.8 Å². The van der Waals surface area contributed by atoms with Gasteiger partial charge in [0.1, 0.15) is 0 Å². The molecule has 2 atom stereocenters. The van der Waals surface area contributed by atoms with Gasteiger partial charge in [-0.15, -0.1) is 0 Å². The van der Waals surface area contributed by atoms with Crippen LogP contribution in [0.15, 0.2) is 54.6 Å². The van der Waals surface area contributed by atoms with Crippen LogP contribution in [0.4, 0.5) is 0 Å². The molecule has 0 fully saturated rings. The first kappa shape index (κ1) is 15.1. The Kier molecular flexibility index (Phi) is 5.63. The molecule has 0 aliphatic carbocycles. The summed E-state index contributed by atoms with van der Waals surface area (Å²) < 4.78 is 0. The molecule has 106 valence electrons. The standard InChI is InChI=1S/C18H22ClN/c1-3-7-18(16-8-5-4-6-9-16)20-14(2)15-10-12-17(19)13-11-15/h4-6,8-14,18,20H,3,7H2,1-2H3/t14-,18?/m0/s1. The average Bonchev–Trinajstić information content (AvgIpc) is 2.48. The Balaban J connectivity index is 2.10. The second-order valence-electron chi connectivity index (χ2n) is 5.19. The minimum Gasteiger partial charge on any atom is -0.303 e. The Labute approximate surface area is 127 Å². The molecule has 20 heavy (non-hydrogen) atoms. The molecule has 2 heteroatoms. The zero-order valence-electron chi connectivity index (χ0n) is 12.1. The maximum Gasteiger partial charge on any atom is 0.0406 e. The van der Waals surface area contributed by atoms with E-state index >= 15 is 0 Å². The molecule has 1 nitrogen and oxygen atoms in total. The van der Waals surface area contributed by atoms with E-state index in [2.05, 4.69) is 61.6 Å². The highest BCUT2D eigenvalue weighted by Crippen LogP contribution is 2.24. The van der Waals surface area contributed by atoms with Gasteiger partial charge in [-0.1, -0.05) is 67.4 Å². The molecule has 0 bridgehead atoms. The van der Waals surface area contributed by atoms with Crippen molar-refractivity contribution in [3.63, 3.8) is 0 Å². The van der Waals surface area contributed by atoms with Gasteiger partial charge in [-0.3, -0.25) is 0 Å². The van der Waals surface area contributed by atoms with Gasteiger partial charge in [0.15, 0.2) is 0 Å². The quantitative estimate of drug-likeness (QED) is 0.736. The Morgan fingerprint density at radius 2 is 1.60 bits per heavy atom. The molecule has 0 aliphatic heterocycles. The molecule has 2 aromatic carbocycles. The van der Waals surface area contributed by atoms with Gasteiger partial charge in [-0.05, 0) is 36.6 Å². The normalized spacial score (nSPS) is 13.9. The van der Waals surface area contributed by atoms with Gasteiger partial charge in [0, 0.05) is 17.1 Å². The topological polar surface area (TPSA) is 12.0 Å². The number of hydrogen-bond donors (Lipinski definition) is 1. The lowest BCUT2D eigenvalue weighted by atomic mass is 10.00. The molecule has 0 aromatic heterocycles. The van der Waals surface area contributed by atoms with Crippen molar-refractivity contribution in [2.75, 3.05) is 0 Å². The van der Waals surface area contributed by atoms with E-state index in [1.54, 1.807) is 0 Å². The van der Waals surface area contributed by atoms with E-state index in [0.29, 0.717) is 12.1 Å². The van der Waals surface area contributed by atoms with Gasteiger partial charge in [0.2, 0.25) is 0 Å². The van der Waals surface area contributed by atoms with Crippen LogP contribution >= 0.6 is 11.6 Å². The maximum absolute atomic E-state index is 5.95. The molecular formula is C18H22ClN. The predicted molar refractivity (Wildman–Crippen MR) is 87.1 cm³/mol. The summed E-state index contributed by atoms with van der Waals surface area (Å²) in [4.78, 5) is 0. The molecule has 0 amide bonds. The molecule has 1 unspecified atom stereocenters. The summed E-state index contributed by atoms with van der Waals surface area (Å²) >= 11 is 5.95. The van der Waals surface area contributed by atoms with Crippen LogP contribution in [0, 0.1) is 0 Å². The minimum atomic E-state index is 0.309. The summed E-state index contributed by atoms with van der Waals surface area (Å²) in [6, 6.07) is 19.5. The molecule has 0 spiro atoms.